The Morgan fingerprint density at radius 3 is 3.00 bits per heavy atom. The van der Waals surface area contributed by atoms with Crippen LogP contribution in [-0.2, 0) is 11.2 Å². The van der Waals surface area contributed by atoms with E-state index in [1.807, 2.05) is 49.7 Å². The quantitative estimate of drug-likeness (QED) is 0.776. The largest absolute Gasteiger partial charge is 0.361 e. The van der Waals surface area contributed by atoms with Gasteiger partial charge in [0, 0.05) is 28.2 Å². The first-order valence-electron chi connectivity index (χ1n) is 6.90. The second-order valence-corrected chi connectivity index (χ2v) is 6.04. The highest BCUT2D eigenvalue weighted by Crippen LogP contribution is 2.20. The van der Waals surface area contributed by atoms with Gasteiger partial charge < -0.3 is 10.3 Å². The lowest BCUT2D eigenvalue weighted by molar-refractivity contribution is -0.121. The van der Waals surface area contributed by atoms with Gasteiger partial charge in [0.1, 0.15) is 5.01 Å². The van der Waals surface area contributed by atoms with Crippen LogP contribution in [0.2, 0.25) is 0 Å². The minimum atomic E-state index is -0.0543. The molecule has 2 N–H and O–H groups in total. The Bertz CT molecular complexity index is 775. The molecule has 1 aromatic carbocycles. The van der Waals surface area contributed by atoms with Gasteiger partial charge >= 0.3 is 0 Å². The summed E-state index contributed by atoms with van der Waals surface area (Å²) in [6.45, 7) is 3.92. The topological polar surface area (TPSA) is 57.8 Å². The Balaban J connectivity index is 1.69. The number of fused-ring (bicyclic) bond motifs is 1. The molecule has 0 aliphatic rings. The zero-order valence-corrected chi connectivity index (χ0v) is 12.8. The second-order valence-electron chi connectivity index (χ2n) is 5.15. The maximum atomic E-state index is 12.2. The Morgan fingerprint density at radius 1 is 1.43 bits per heavy atom. The van der Waals surface area contributed by atoms with Gasteiger partial charge in [-0.25, -0.2) is 4.98 Å². The lowest BCUT2D eigenvalue weighted by atomic mass is 10.1. The summed E-state index contributed by atoms with van der Waals surface area (Å²) in [4.78, 5) is 19.8. The molecule has 0 saturated carbocycles. The number of thiazole rings is 1. The molecule has 0 aliphatic carbocycles. The molecular weight excluding hydrogens is 282 g/mol. The molecular formula is C16H17N3OS. The van der Waals surface area contributed by atoms with Gasteiger partial charge in [-0.3, -0.25) is 4.79 Å². The molecule has 0 radical (unpaired) electrons. The van der Waals surface area contributed by atoms with E-state index in [1.165, 1.54) is 0 Å². The smallest absolute Gasteiger partial charge is 0.225 e. The van der Waals surface area contributed by atoms with Gasteiger partial charge in [-0.1, -0.05) is 18.2 Å². The van der Waals surface area contributed by atoms with Crippen molar-refractivity contribution in [1.29, 1.82) is 0 Å². The number of benzene rings is 1. The fourth-order valence-corrected chi connectivity index (χ4v) is 3.18. The number of nitrogens with zero attached hydrogens (tertiary/aromatic N) is 1. The highest BCUT2D eigenvalue weighted by molar-refractivity contribution is 7.09. The maximum Gasteiger partial charge on any atom is 0.225 e. The monoisotopic (exact) mass is 299 g/mol. The highest BCUT2D eigenvalue weighted by Gasteiger charge is 2.14. The van der Waals surface area contributed by atoms with Crippen LogP contribution in [0.5, 0.6) is 0 Å². The van der Waals surface area contributed by atoms with E-state index >= 15 is 0 Å². The normalized spacial score (nSPS) is 12.5. The van der Waals surface area contributed by atoms with Crippen LogP contribution in [0, 0.1) is 6.92 Å². The van der Waals surface area contributed by atoms with Gasteiger partial charge in [0.25, 0.3) is 0 Å². The first-order valence-corrected chi connectivity index (χ1v) is 7.78. The van der Waals surface area contributed by atoms with Crippen molar-refractivity contribution in [3.63, 3.8) is 0 Å². The van der Waals surface area contributed by atoms with Gasteiger partial charge in [0.2, 0.25) is 5.91 Å². The number of H-pyrrole nitrogens is 1. The molecule has 5 heteroatoms. The molecule has 1 atom stereocenters. The number of aromatic nitrogens is 2. The molecule has 0 saturated heterocycles. The molecule has 108 valence electrons. The molecule has 21 heavy (non-hydrogen) atoms. The first-order chi connectivity index (χ1) is 10.1. The number of aromatic amines is 1. The van der Waals surface area contributed by atoms with E-state index in [2.05, 4.69) is 15.3 Å². The first kappa shape index (κ1) is 13.8. The molecule has 1 unspecified atom stereocenters. The third kappa shape index (κ3) is 2.97. The summed E-state index contributed by atoms with van der Waals surface area (Å²) in [5.41, 5.74) is 3.07. The molecule has 1 amide bonds. The Morgan fingerprint density at radius 2 is 2.24 bits per heavy atom. The van der Waals surface area contributed by atoms with Crippen LogP contribution >= 0.6 is 11.3 Å². The van der Waals surface area contributed by atoms with E-state index in [4.69, 9.17) is 0 Å². The lowest BCUT2D eigenvalue weighted by Crippen LogP contribution is -2.28. The number of carbonyl (C=O) groups is 1. The molecule has 4 nitrogen and oxygen atoms in total. The van der Waals surface area contributed by atoms with Crippen LogP contribution in [0.3, 0.4) is 0 Å². The van der Waals surface area contributed by atoms with Gasteiger partial charge in [0.15, 0.2) is 0 Å². The Hall–Kier alpha value is -2.14. The van der Waals surface area contributed by atoms with Crippen LogP contribution < -0.4 is 5.32 Å². The van der Waals surface area contributed by atoms with Crippen molar-refractivity contribution in [2.45, 2.75) is 26.3 Å². The molecule has 0 bridgehead atoms. The number of hydrogen-bond donors (Lipinski definition) is 2. The minimum Gasteiger partial charge on any atom is -0.361 e. The molecule has 0 spiro atoms. The molecule has 2 heterocycles. The van der Waals surface area contributed by atoms with E-state index in [1.54, 1.807) is 11.3 Å². The second kappa shape index (κ2) is 5.69. The SMILES string of the molecule is Cc1csc(C(C)NC(=O)Cc2c[nH]c3ccccc23)n1. The Labute approximate surface area is 127 Å². The number of amides is 1. The zero-order valence-electron chi connectivity index (χ0n) is 12.0. The van der Waals surface area contributed by atoms with Gasteiger partial charge in [-0.2, -0.15) is 0 Å². The summed E-state index contributed by atoms with van der Waals surface area (Å²) in [6.07, 6.45) is 2.28. The third-order valence-corrected chi connectivity index (χ3v) is 4.56. The van der Waals surface area contributed by atoms with Crippen molar-refractivity contribution in [2.75, 3.05) is 0 Å². The lowest BCUT2D eigenvalue weighted by Gasteiger charge is -2.10. The average molecular weight is 299 g/mol. The number of para-hydroxylation sites is 1. The van der Waals surface area contributed by atoms with Crippen molar-refractivity contribution >= 4 is 28.1 Å². The van der Waals surface area contributed by atoms with Crippen LogP contribution in [0.25, 0.3) is 10.9 Å². The molecule has 3 aromatic rings. The van der Waals surface area contributed by atoms with Crippen LogP contribution in [0.1, 0.15) is 29.2 Å². The van der Waals surface area contributed by atoms with Crippen molar-refractivity contribution in [3.8, 4) is 0 Å². The van der Waals surface area contributed by atoms with Crippen molar-refractivity contribution < 1.29 is 4.79 Å². The number of hydrogen-bond acceptors (Lipinski definition) is 3. The number of aryl methyl sites for hydroxylation is 1. The van der Waals surface area contributed by atoms with Gasteiger partial charge in [0.05, 0.1) is 12.5 Å². The van der Waals surface area contributed by atoms with Crippen molar-refractivity contribution in [1.82, 2.24) is 15.3 Å². The third-order valence-electron chi connectivity index (χ3n) is 3.41. The molecule has 0 fully saturated rings. The molecule has 3 rings (SSSR count). The fraction of sp³-hybridized carbons (Fsp3) is 0.250. The standard InChI is InChI=1S/C16H17N3OS/c1-10-9-21-16(18-10)11(2)19-15(20)7-12-8-17-14-6-4-3-5-13(12)14/h3-6,8-9,11,17H,7H2,1-2H3,(H,19,20). The number of rotatable bonds is 4. The number of carbonyl (C=O) groups excluding carboxylic acids is 1. The van der Waals surface area contributed by atoms with Gasteiger partial charge in [-0.15, -0.1) is 11.3 Å². The van der Waals surface area contributed by atoms with E-state index < -0.39 is 0 Å². The van der Waals surface area contributed by atoms with Crippen LogP contribution in [0.15, 0.2) is 35.8 Å². The predicted molar refractivity (Wildman–Crippen MR) is 85.4 cm³/mol. The van der Waals surface area contributed by atoms with Gasteiger partial charge in [-0.05, 0) is 25.5 Å². The van der Waals surface area contributed by atoms with Crippen LogP contribution in [-0.4, -0.2) is 15.9 Å². The molecule has 0 aliphatic heterocycles. The summed E-state index contributed by atoms with van der Waals surface area (Å²) in [5, 5.41) is 7.05. The number of nitrogens with one attached hydrogen (secondary N) is 2. The van der Waals surface area contributed by atoms with E-state index in [-0.39, 0.29) is 11.9 Å². The Kier molecular flexibility index (Phi) is 3.75. The summed E-state index contributed by atoms with van der Waals surface area (Å²) < 4.78 is 0. The highest BCUT2D eigenvalue weighted by atomic mass is 32.1. The molecule has 2 aromatic heterocycles. The summed E-state index contributed by atoms with van der Waals surface area (Å²) >= 11 is 1.58. The van der Waals surface area contributed by atoms with E-state index in [0.29, 0.717) is 6.42 Å². The average Bonchev–Trinajstić information content (AvgIpc) is 3.06. The summed E-state index contributed by atoms with van der Waals surface area (Å²) in [7, 11) is 0. The van der Waals surface area contributed by atoms with Crippen molar-refractivity contribution in [3.05, 3.63) is 52.1 Å². The maximum absolute atomic E-state index is 12.2. The minimum absolute atomic E-state index is 0.0140. The summed E-state index contributed by atoms with van der Waals surface area (Å²) in [6, 6.07) is 7.95. The van der Waals surface area contributed by atoms with Crippen molar-refractivity contribution in [2.24, 2.45) is 0 Å². The van der Waals surface area contributed by atoms with E-state index in [0.717, 1.165) is 27.2 Å². The predicted octanol–water partition coefficient (Wildman–Crippen LogP) is 3.35. The van der Waals surface area contributed by atoms with Crippen LogP contribution in [0.4, 0.5) is 0 Å². The zero-order chi connectivity index (χ0) is 14.8. The van der Waals surface area contributed by atoms with E-state index in [9.17, 15) is 4.79 Å². The fourth-order valence-electron chi connectivity index (χ4n) is 2.38. The summed E-state index contributed by atoms with van der Waals surface area (Å²) in [5.74, 6) is 0.0140.